The number of likely N-dealkylation sites (tertiary alicyclic amines) is 1. The molecule has 0 aromatic carbocycles. The lowest BCUT2D eigenvalue weighted by Crippen LogP contribution is -2.62. The molecule has 2 saturated heterocycles. The smallest absolute Gasteiger partial charge is 0.411 e. The van der Waals surface area contributed by atoms with E-state index in [1.807, 2.05) is 38.2 Å². The lowest BCUT2D eigenvalue weighted by Gasteiger charge is -2.44. The zero-order valence-corrected chi connectivity index (χ0v) is 17.5. The second-order valence-electron chi connectivity index (χ2n) is 9.30. The average molecular weight is 392 g/mol. The fraction of sp³-hybridized carbons (Fsp3) is 0.750. The van der Waals surface area contributed by atoms with Gasteiger partial charge in [0, 0.05) is 57.1 Å². The maximum absolute atomic E-state index is 13.3. The number of hydrogen-bond acceptors (Lipinski definition) is 5. The third-order valence-corrected chi connectivity index (χ3v) is 5.37. The Hall–Kier alpha value is -2.09. The fourth-order valence-electron chi connectivity index (χ4n) is 4.13. The summed E-state index contributed by atoms with van der Waals surface area (Å²) in [7, 11) is 0. The van der Waals surface area contributed by atoms with E-state index in [-0.39, 0.29) is 11.3 Å². The summed E-state index contributed by atoms with van der Waals surface area (Å²) >= 11 is 0. The second-order valence-corrected chi connectivity index (χ2v) is 9.30. The summed E-state index contributed by atoms with van der Waals surface area (Å²) in [5.74, 6) is 0.00890. The van der Waals surface area contributed by atoms with Crippen LogP contribution in [0, 0.1) is 5.41 Å². The number of piperazine rings is 1. The molecule has 1 aromatic heterocycles. The molecular formula is C20H33N5O3. The Morgan fingerprint density at radius 2 is 2.11 bits per heavy atom. The Balaban J connectivity index is 1.69. The van der Waals surface area contributed by atoms with Gasteiger partial charge < -0.3 is 19.5 Å². The Morgan fingerprint density at radius 1 is 1.32 bits per heavy atom. The highest BCUT2D eigenvalue weighted by Crippen LogP contribution is 2.32. The normalized spacial score (nSPS) is 26.2. The molecule has 2 aliphatic rings. The van der Waals surface area contributed by atoms with E-state index in [1.54, 1.807) is 11.1 Å². The SMILES string of the molecule is CC1(Cn2ccnc2)CCCN(C(=O)[C@H]2CNCCN2C(=O)OC(C)(C)C)C1. The van der Waals surface area contributed by atoms with Crippen LogP contribution in [0.25, 0.3) is 0 Å². The first kappa shape index (κ1) is 20.6. The van der Waals surface area contributed by atoms with E-state index in [1.165, 1.54) is 0 Å². The highest BCUT2D eigenvalue weighted by atomic mass is 16.6. The van der Waals surface area contributed by atoms with Crippen LogP contribution < -0.4 is 5.32 Å². The second kappa shape index (κ2) is 8.11. The number of carbonyl (C=O) groups excluding carboxylic acids is 2. The van der Waals surface area contributed by atoms with E-state index >= 15 is 0 Å². The number of carbonyl (C=O) groups is 2. The molecule has 0 aliphatic carbocycles. The highest BCUT2D eigenvalue weighted by molar-refractivity contribution is 5.86. The molecule has 1 aromatic rings. The van der Waals surface area contributed by atoms with Crippen LogP contribution in [-0.4, -0.2) is 75.7 Å². The van der Waals surface area contributed by atoms with Gasteiger partial charge in [0.1, 0.15) is 11.6 Å². The number of rotatable bonds is 3. The van der Waals surface area contributed by atoms with E-state index in [2.05, 4.69) is 21.8 Å². The van der Waals surface area contributed by atoms with Crippen molar-refractivity contribution >= 4 is 12.0 Å². The topological polar surface area (TPSA) is 79.7 Å². The molecule has 1 N–H and O–H groups in total. The van der Waals surface area contributed by atoms with Crippen molar-refractivity contribution in [2.24, 2.45) is 5.41 Å². The van der Waals surface area contributed by atoms with Crippen molar-refractivity contribution in [3.63, 3.8) is 0 Å². The van der Waals surface area contributed by atoms with Gasteiger partial charge in [-0.25, -0.2) is 9.78 Å². The van der Waals surface area contributed by atoms with Crippen molar-refractivity contribution in [3.8, 4) is 0 Å². The van der Waals surface area contributed by atoms with Crippen LogP contribution in [0.1, 0.15) is 40.5 Å². The van der Waals surface area contributed by atoms with Crippen LogP contribution in [0.4, 0.5) is 4.79 Å². The summed E-state index contributed by atoms with van der Waals surface area (Å²) in [6.45, 7) is 11.6. The van der Waals surface area contributed by atoms with Crippen LogP contribution in [0.15, 0.2) is 18.7 Å². The van der Waals surface area contributed by atoms with Crippen LogP contribution >= 0.6 is 0 Å². The molecule has 0 bridgehead atoms. The van der Waals surface area contributed by atoms with Crippen molar-refractivity contribution in [3.05, 3.63) is 18.7 Å². The monoisotopic (exact) mass is 391 g/mol. The molecule has 3 heterocycles. The molecule has 2 fully saturated rings. The first-order chi connectivity index (χ1) is 13.2. The van der Waals surface area contributed by atoms with Gasteiger partial charge in [0.2, 0.25) is 5.91 Å². The highest BCUT2D eigenvalue weighted by Gasteiger charge is 2.40. The Labute approximate surface area is 167 Å². The van der Waals surface area contributed by atoms with Gasteiger partial charge in [-0.3, -0.25) is 9.69 Å². The summed E-state index contributed by atoms with van der Waals surface area (Å²) in [5.41, 5.74) is -0.586. The minimum atomic E-state index is -0.579. The van der Waals surface area contributed by atoms with E-state index in [4.69, 9.17) is 4.74 Å². The molecule has 8 heteroatoms. The molecule has 8 nitrogen and oxygen atoms in total. The zero-order valence-electron chi connectivity index (χ0n) is 17.5. The summed E-state index contributed by atoms with van der Waals surface area (Å²) in [6.07, 6.45) is 7.17. The largest absolute Gasteiger partial charge is 0.444 e. The van der Waals surface area contributed by atoms with E-state index in [0.717, 1.165) is 25.9 Å². The summed E-state index contributed by atoms with van der Waals surface area (Å²) in [6, 6.07) is -0.515. The van der Waals surface area contributed by atoms with E-state index in [9.17, 15) is 9.59 Å². The Morgan fingerprint density at radius 3 is 2.79 bits per heavy atom. The Bertz CT molecular complexity index is 685. The van der Waals surface area contributed by atoms with Crippen LogP contribution in [0.5, 0.6) is 0 Å². The summed E-state index contributed by atoms with van der Waals surface area (Å²) in [5, 5.41) is 3.25. The predicted octanol–water partition coefficient (Wildman–Crippen LogP) is 1.72. The molecule has 0 radical (unpaired) electrons. The number of ether oxygens (including phenoxy) is 1. The first-order valence-electron chi connectivity index (χ1n) is 10.1. The molecule has 1 unspecified atom stereocenters. The quantitative estimate of drug-likeness (QED) is 0.849. The van der Waals surface area contributed by atoms with Crippen LogP contribution in [-0.2, 0) is 16.1 Å². The van der Waals surface area contributed by atoms with Gasteiger partial charge in [-0.05, 0) is 33.6 Å². The number of piperidine rings is 1. The minimum absolute atomic E-state index is 0.00649. The van der Waals surface area contributed by atoms with Gasteiger partial charge in [-0.1, -0.05) is 6.92 Å². The fourth-order valence-corrected chi connectivity index (χ4v) is 4.13. The molecule has 2 amide bonds. The molecule has 2 aliphatic heterocycles. The first-order valence-corrected chi connectivity index (χ1v) is 10.1. The standard InChI is InChI=1S/C20H33N5O3/c1-19(2,3)28-18(27)25-11-8-21-12-16(25)17(26)24-9-5-6-20(4,14-24)13-23-10-7-22-15-23/h7,10,15-16,21H,5-6,8-9,11-14H2,1-4H3/t16-,20?/m1/s1. The van der Waals surface area contributed by atoms with Gasteiger partial charge >= 0.3 is 6.09 Å². The van der Waals surface area contributed by atoms with Gasteiger partial charge in [0.25, 0.3) is 0 Å². The molecule has 28 heavy (non-hydrogen) atoms. The Kier molecular flexibility index (Phi) is 5.98. The molecule has 3 rings (SSSR count). The van der Waals surface area contributed by atoms with Crippen molar-refractivity contribution in [2.75, 3.05) is 32.7 Å². The van der Waals surface area contributed by atoms with Gasteiger partial charge in [0.05, 0.1) is 6.33 Å². The lowest BCUT2D eigenvalue weighted by molar-refractivity contribution is -0.141. The minimum Gasteiger partial charge on any atom is -0.444 e. The van der Waals surface area contributed by atoms with Crippen molar-refractivity contribution in [1.29, 1.82) is 0 Å². The van der Waals surface area contributed by atoms with Crippen LogP contribution in [0.3, 0.4) is 0 Å². The molecule has 0 spiro atoms. The summed E-state index contributed by atoms with van der Waals surface area (Å²) < 4.78 is 7.61. The summed E-state index contributed by atoms with van der Waals surface area (Å²) in [4.78, 5) is 33.6. The van der Waals surface area contributed by atoms with Crippen molar-refractivity contribution in [2.45, 2.75) is 58.7 Å². The average Bonchev–Trinajstić information content (AvgIpc) is 3.12. The number of aromatic nitrogens is 2. The molecular weight excluding hydrogens is 358 g/mol. The van der Waals surface area contributed by atoms with Gasteiger partial charge in [-0.15, -0.1) is 0 Å². The molecule has 0 saturated carbocycles. The zero-order chi connectivity index (χ0) is 20.4. The number of imidazole rings is 1. The lowest BCUT2D eigenvalue weighted by atomic mass is 9.81. The maximum atomic E-state index is 13.3. The maximum Gasteiger partial charge on any atom is 0.411 e. The van der Waals surface area contributed by atoms with E-state index < -0.39 is 17.7 Å². The van der Waals surface area contributed by atoms with Crippen molar-refractivity contribution < 1.29 is 14.3 Å². The molecule has 156 valence electrons. The third kappa shape index (κ3) is 5.04. The third-order valence-electron chi connectivity index (χ3n) is 5.37. The van der Waals surface area contributed by atoms with Crippen LogP contribution in [0.2, 0.25) is 0 Å². The number of nitrogens with zero attached hydrogens (tertiary/aromatic N) is 4. The predicted molar refractivity (Wildman–Crippen MR) is 106 cm³/mol. The van der Waals surface area contributed by atoms with E-state index in [0.29, 0.717) is 26.2 Å². The molecule has 2 atom stereocenters. The van der Waals surface area contributed by atoms with Crippen molar-refractivity contribution in [1.82, 2.24) is 24.7 Å². The van der Waals surface area contributed by atoms with Gasteiger partial charge in [-0.2, -0.15) is 0 Å². The van der Waals surface area contributed by atoms with Gasteiger partial charge in [0.15, 0.2) is 0 Å². The number of nitrogens with one attached hydrogen (secondary N) is 1. The number of amides is 2. The number of hydrogen-bond donors (Lipinski definition) is 1.